The molecule has 5 heteroatoms. The summed E-state index contributed by atoms with van der Waals surface area (Å²) >= 11 is 0. The monoisotopic (exact) mass is 219 g/mol. The van der Waals surface area contributed by atoms with Crippen LogP contribution in [0.2, 0.25) is 0 Å². The average Bonchev–Trinajstić information content (AvgIpc) is 2.29. The zero-order valence-electron chi connectivity index (χ0n) is 10.4. The summed E-state index contributed by atoms with van der Waals surface area (Å²) in [7, 11) is 3.70. The Morgan fingerprint density at radius 3 is 2.56 bits per heavy atom. The van der Waals surface area contributed by atoms with Crippen LogP contribution in [0.5, 0.6) is 0 Å². The van der Waals surface area contributed by atoms with Crippen molar-refractivity contribution in [2.75, 3.05) is 14.1 Å². The Morgan fingerprint density at radius 2 is 2.06 bits per heavy atom. The van der Waals surface area contributed by atoms with Crippen molar-refractivity contribution in [3.8, 4) is 6.07 Å². The van der Waals surface area contributed by atoms with Gasteiger partial charge in [0, 0.05) is 14.1 Å². The van der Waals surface area contributed by atoms with E-state index in [0.29, 0.717) is 17.2 Å². The molecule has 0 bridgehead atoms. The van der Waals surface area contributed by atoms with Gasteiger partial charge in [-0.1, -0.05) is 13.8 Å². The molecule has 0 N–H and O–H groups in total. The third-order valence-corrected chi connectivity index (χ3v) is 1.42. The first-order valence-corrected chi connectivity index (χ1v) is 5.08. The summed E-state index contributed by atoms with van der Waals surface area (Å²) in [6.07, 6.45) is 3.08. The van der Waals surface area contributed by atoms with Crippen molar-refractivity contribution in [1.82, 2.24) is 14.9 Å². The Kier molecular flexibility index (Phi) is 6.45. The molecule has 0 atom stereocenters. The van der Waals surface area contributed by atoms with E-state index in [2.05, 4.69) is 15.0 Å². The fourth-order valence-electron chi connectivity index (χ4n) is 0.805. The van der Waals surface area contributed by atoms with Crippen molar-refractivity contribution in [2.45, 2.75) is 20.8 Å². The van der Waals surface area contributed by atoms with Crippen LogP contribution in [0.3, 0.4) is 0 Å². The molecule has 16 heavy (non-hydrogen) atoms. The van der Waals surface area contributed by atoms with Gasteiger partial charge in [-0.15, -0.1) is 0 Å². The summed E-state index contributed by atoms with van der Waals surface area (Å²) in [5.74, 6) is 1.02. The van der Waals surface area contributed by atoms with Crippen LogP contribution in [0.1, 0.15) is 25.2 Å². The van der Waals surface area contributed by atoms with Crippen LogP contribution in [-0.2, 0) is 0 Å². The first-order chi connectivity index (χ1) is 7.63. The maximum atomic E-state index is 8.76. The standard InChI is InChI=1S/C9H11N5.C2H6/c1-7-11-5-8(4-10)9(13-7)12-6-14(2)3;1-2/h5-6H,1-3H3;1-2H3. The Balaban J connectivity index is 0.00000106. The third-order valence-electron chi connectivity index (χ3n) is 1.42. The summed E-state index contributed by atoms with van der Waals surface area (Å²) in [6.45, 7) is 5.76. The summed E-state index contributed by atoms with van der Waals surface area (Å²) < 4.78 is 0. The normalized spacial score (nSPS) is 9.25. The van der Waals surface area contributed by atoms with Gasteiger partial charge in [0.25, 0.3) is 0 Å². The highest BCUT2D eigenvalue weighted by atomic mass is 15.1. The Bertz CT molecular complexity index is 390. The number of aryl methyl sites for hydroxylation is 1. The second-order valence-electron chi connectivity index (χ2n) is 2.97. The van der Waals surface area contributed by atoms with E-state index in [1.807, 2.05) is 34.0 Å². The zero-order valence-corrected chi connectivity index (χ0v) is 10.4. The molecule has 0 amide bonds. The van der Waals surface area contributed by atoms with Crippen LogP contribution in [0, 0.1) is 18.3 Å². The van der Waals surface area contributed by atoms with Gasteiger partial charge < -0.3 is 4.90 Å². The molecule has 0 aliphatic heterocycles. The highest BCUT2D eigenvalue weighted by Gasteiger charge is 2.02. The van der Waals surface area contributed by atoms with Crippen LogP contribution >= 0.6 is 0 Å². The molecule has 1 aromatic rings. The lowest BCUT2D eigenvalue weighted by atomic mass is 10.3. The number of nitriles is 1. The van der Waals surface area contributed by atoms with E-state index in [1.54, 1.807) is 18.2 Å². The van der Waals surface area contributed by atoms with Crippen molar-refractivity contribution in [1.29, 1.82) is 5.26 Å². The van der Waals surface area contributed by atoms with Crippen molar-refractivity contribution >= 4 is 12.2 Å². The number of nitrogens with zero attached hydrogens (tertiary/aromatic N) is 5. The minimum Gasteiger partial charge on any atom is -0.369 e. The highest BCUT2D eigenvalue weighted by molar-refractivity contribution is 5.61. The highest BCUT2D eigenvalue weighted by Crippen LogP contribution is 2.12. The number of rotatable bonds is 2. The summed E-state index contributed by atoms with van der Waals surface area (Å²) in [4.78, 5) is 13.8. The Hall–Kier alpha value is -1.96. The van der Waals surface area contributed by atoms with Crippen molar-refractivity contribution < 1.29 is 0 Å². The van der Waals surface area contributed by atoms with Crippen LogP contribution in [-0.4, -0.2) is 35.3 Å². The van der Waals surface area contributed by atoms with E-state index in [1.165, 1.54) is 6.20 Å². The third kappa shape index (κ3) is 4.51. The number of aliphatic imine (C=N–C) groups is 1. The topological polar surface area (TPSA) is 65.2 Å². The van der Waals surface area contributed by atoms with Gasteiger partial charge >= 0.3 is 0 Å². The van der Waals surface area contributed by atoms with E-state index in [-0.39, 0.29) is 0 Å². The van der Waals surface area contributed by atoms with Crippen molar-refractivity contribution in [3.63, 3.8) is 0 Å². The van der Waals surface area contributed by atoms with E-state index in [9.17, 15) is 0 Å². The molecular weight excluding hydrogens is 202 g/mol. The average molecular weight is 219 g/mol. The summed E-state index contributed by atoms with van der Waals surface area (Å²) in [5, 5.41) is 8.76. The second-order valence-corrected chi connectivity index (χ2v) is 2.97. The molecule has 0 aromatic carbocycles. The molecule has 0 saturated carbocycles. The van der Waals surface area contributed by atoms with E-state index in [4.69, 9.17) is 5.26 Å². The van der Waals surface area contributed by atoms with Gasteiger partial charge in [0.05, 0.1) is 12.5 Å². The molecule has 1 heterocycles. The maximum absolute atomic E-state index is 8.76. The molecule has 0 radical (unpaired) electrons. The van der Waals surface area contributed by atoms with Crippen LogP contribution < -0.4 is 0 Å². The number of aromatic nitrogens is 2. The van der Waals surface area contributed by atoms with Crippen molar-refractivity contribution in [2.24, 2.45) is 4.99 Å². The van der Waals surface area contributed by atoms with Gasteiger partial charge in [0.1, 0.15) is 17.5 Å². The second kappa shape index (κ2) is 7.35. The first kappa shape index (κ1) is 14.0. The predicted molar refractivity (Wildman–Crippen MR) is 64.7 cm³/mol. The lowest BCUT2D eigenvalue weighted by Crippen LogP contribution is -2.07. The molecular formula is C11H17N5. The predicted octanol–water partition coefficient (Wildman–Crippen LogP) is 1.90. The quantitative estimate of drug-likeness (QED) is 0.563. The summed E-state index contributed by atoms with van der Waals surface area (Å²) in [5.41, 5.74) is 0.383. The Labute approximate surface area is 96.5 Å². The van der Waals surface area contributed by atoms with Gasteiger partial charge in [-0.05, 0) is 6.92 Å². The maximum Gasteiger partial charge on any atom is 0.174 e. The molecule has 0 aliphatic carbocycles. The van der Waals surface area contributed by atoms with E-state index in [0.717, 1.165) is 0 Å². The smallest absolute Gasteiger partial charge is 0.174 e. The zero-order chi connectivity index (χ0) is 12.6. The van der Waals surface area contributed by atoms with Gasteiger partial charge in [-0.2, -0.15) is 5.26 Å². The van der Waals surface area contributed by atoms with Crippen molar-refractivity contribution in [3.05, 3.63) is 17.6 Å². The molecule has 0 unspecified atom stereocenters. The minimum atomic E-state index is 0.383. The number of hydrogen-bond donors (Lipinski definition) is 0. The van der Waals surface area contributed by atoms with E-state index < -0.39 is 0 Å². The van der Waals surface area contributed by atoms with E-state index >= 15 is 0 Å². The lowest BCUT2D eigenvalue weighted by molar-refractivity contribution is 0.643. The van der Waals surface area contributed by atoms with Gasteiger partial charge in [-0.3, -0.25) is 0 Å². The Morgan fingerprint density at radius 1 is 1.44 bits per heavy atom. The molecule has 0 saturated heterocycles. The molecule has 1 rings (SSSR count). The fourth-order valence-corrected chi connectivity index (χ4v) is 0.805. The van der Waals surface area contributed by atoms with Gasteiger partial charge in [0.2, 0.25) is 0 Å². The lowest BCUT2D eigenvalue weighted by Gasteiger charge is -2.02. The van der Waals surface area contributed by atoms with Crippen LogP contribution in [0.25, 0.3) is 0 Å². The largest absolute Gasteiger partial charge is 0.369 e. The van der Waals surface area contributed by atoms with Crippen LogP contribution in [0.15, 0.2) is 11.2 Å². The SMILES string of the molecule is CC.Cc1ncc(C#N)c(N=CN(C)C)n1. The van der Waals surface area contributed by atoms with Gasteiger partial charge in [-0.25, -0.2) is 15.0 Å². The molecule has 1 aromatic heterocycles. The molecule has 0 aliphatic rings. The fraction of sp³-hybridized carbons (Fsp3) is 0.455. The molecule has 0 fully saturated rings. The number of hydrogen-bond acceptors (Lipinski definition) is 4. The molecule has 86 valence electrons. The minimum absolute atomic E-state index is 0.383. The molecule has 0 spiro atoms. The first-order valence-electron chi connectivity index (χ1n) is 5.08. The molecule has 5 nitrogen and oxygen atoms in total. The summed E-state index contributed by atoms with van der Waals surface area (Å²) in [6, 6.07) is 1.99. The van der Waals surface area contributed by atoms with Crippen LogP contribution in [0.4, 0.5) is 5.82 Å². The van der Waals surface area contributed by atoms with Gasteiger partial charge in [0.15, 0.2) is 5.82 Å².